The molecule has 1 N–H and O–H groups in total. The van der Waals surface area contributed by atoms with E-state index in [0.29, 0.717) is 0 Å². The quantitative estimate of drug-likeness (QED) is 0.779. The third-order valence-corrected chi connectivity index (χ3v) is 5.51. The Bertz CT molecular complexity index is 957. The molecule has 0 radical (unpaired) electrons. The lowest BCUT2D eigenvalue weighted by Gasteiger charge is -2.30. The Morgan fingerprint density at radius 3 is 2.48 bits per heavy atom. The van der Waals surface area contributed by atoms with Crippen LogP contribution in [0.4, 0.5) is 0 Å². The fourth-order valence-corrected chi connectivity index (χ4v) is 3.67. The summed E-state index contributed by atoms with van der Waals surface area (Å²) in [5, 5.41) is 0.933. The molecule has 0 saturated carbocycles. The molecule has 2 heterocycles. The number of quaternary nitrogens is 1. The van der Waals surface area contributed by atoms with Gasteiger partial charge in [-0.2, -0.15) is 0 Å². The lowest BCUT2D eigenvalue weighted by molar-refractivity contribution is -0.883. The highest BCUT2D eigenvalue weighted by atomic mass is 16.2. The molecule has 1 saturated heterocycles. The number of carbonyl (C=O) groups is 1. The molecule has 4 heteroatoms. The van der Waals surface area contributed by atoms with Crippen molar-refractivity contribution in [1.82, 2.24) is 9.88 Å². The molecule has 138 valence electrons. The maximum absolute atomic E-state index is 13.3. The van der Waals surface area contributed by atoms with Crippen molar-refractivity contribution in [2.24, 2.45) is 0 Å². The maximum Gasteiger partial charge on any atom is 0.255 e. The number of para-hydroxylation sites is 1. The summed E-state index contributed by atoms with van der Waals surface area (Å²) in [6.07, 6.45) is 1.01. The number of amides is 1. The molecule has 3 aromatic rings. The molecule has 0 atom stereocenters. The van der Waals surface area contributed by atoms with Crippen LogP contribution in [0.2, 0.25) is 0 Å². The number of pyridine rings is 1. The van der Waals surface area contributed by atoms with Gasteiger partial charge in [-0.25, -0.2) is 4.98 Å². The summed E-state index contributed by atoms with van der Waals surface area (Å²) < 4.78 is 0. The number of aromatic nitrogens is 1. The molecule has 0 spiro atoms. The van der Waals surface area contributed by atoms with E-state index in [0.717, 1.165) is 60.3 Å². The summed E-state index contributed by atoms with van der Waals surface area (Å²) in [7, 11) is 2.18. The average Bonchev–Trinajstić information content (AvgIpc) is 2.73. The van der Waals surface area contributed by atoms with E-state index in [1.54, 1.807) is 0 Å². The highest BCUT2D eigenvalue weighted by Gasteiger charge is 2.24. The lowest BCUT2D eigenvalue weighted by atomic mass is 10.0. The summed E-state index contributed by atoms with van der Waals surface area (Å²) in [5.74, 6) is 0.118. The molecule has 1 aliphatic rings. The van der Waals surface area contributed by atoms with Crippen LogP contribution in [0, 0.1) is 0 Å². The summed E-state index contributed by atoms with van der Waals surface area (Å²) in [6.45, 7) is 5.77. The molecule has 1 fully saturated rings. The summed E-state index contributed by atoms with van der Waals surface area (Å²) in [5.41, 5.74) is 4.84. The average molecular weight is 360 g/mol. The number of benzene rings is 2. The highest BCUT2D eigenvalue weighted by Crippen LogP contribution is 2.26. The van der Waals surface area contributed by atoms with E-state index in [1.165, 1.54) is 10.5 Å². The van der Waals surface area contributed by atoms with Gasteiger partial charge in [-0.15, -0.1) is 0 Å². The van der Waals surface area contributed by atoms with Gasteiger partial charge in [0.15, 0.2) is 0 Å². The van der Waals surface area contributed by atoms with Crippen molar-refractivity contribution < 1.29 is 9.69 Å². The van der Waals surface area contributed by atoms with Crippen LogP contribution in [0.3, 0.4) is 0 Å². The SMILES string of the molecule is CCc1ccc(-c2cc(C(=O)N3CC[NH+](C)CC3)c3ccccc3n2)cc1. The van der Waals surface area contributed by atoms with E-state index in [9.17, 15) is 4.79 Å². The fraction of sp³-hybridized carbons (Fsp3) is 0.304. The monoisotopic (exact) mass is 360 g/mol. The van der Waals surface area contributed by atoms with Crippen LogP contribution >= 0.6 is 0 Å². The highest BCUT2D eigenvalue weighted by molar-refractivity contribution is 6.07. The number of hydrogen-bond donors (Lipinski definition) is 1. The van der Waals surface area contributed by atoms with Gasteiger partial charge in [-0.05, 0) is 24.1 Å². The van der Waals surface area contributed by atoms with Gasteiger partial charge in [-0.1, -0.05) is 49.4 Å². The minimum atomic E-state index is 0.118. The topological polar surface area (TPSA) is 37.6 Å². The number of nitrogens with one attached hydrogen (secondary N) is 1. The zero-order valence-corrected chi connectivity index (χ0v) is 16.0. The molecule has 27 heavy (non-hydrogen) atoms. The lowest BCUT2D eigenvalue weighted by Crippen LogP contribution is -3.12. The predicted octanol–water partition coefficient (Wildman–Crippen LogP) is 2.43. The number of rotatable bonds is 3. The zero-order valence-electron chi connectivity index (χ0n) is 16.0. The molecule has 0 unspecified atom stereocenters. The largest absolute Gasteiger partial charge is 0.334 e. The molecule has 1 aromatic heterocycles. The van der Waals surface area contributed by atoms with Crippen molar-refractivity contribution in [3.63, 3.8) is 0 Å². The van der Waals surface area contributed by atoms with Crippen LogP contribution in [0.15, 0.2) is 54.6 Å². The van der Waals surface area contributed by atoms with Crippen molar-refractivity contribution in [2.75, 3.05) is 33.2 Å². The summed E-state index contributed by atoms with van der Waals surface area (Å²) >= 11 is 0. The van der Waals surface area contributed by atoms with Crippen LogP contribution in [0.1, 0.15) is 22.8 Å². The normalized spacial score (nSPS) is 15.3. The van der Waals surface area contributed by atoms with Gasteiger partial charge in [0.25, 0.3) is 5.91 Å². The first kappa shape index (κ1) is 17.7. The smallest absolute Gasteiger partial charge is 0.255 e. The number of aryl methyl sites for hydroxylation is 1. The molecule has 4 nitrogen and oxygen atoms in total. The molecule has 4 rings (SSSR count). The van der Waals surface area contributed by atoms with E-state index in [1.807, 2.05) is 35.2 Å². The van der Waals surface area contributed by atoms with Gasteiger partial charge in [0.1, 0.15) is 0 Å². The minimum absolute atomic E-state index is 0.118. The molecule has 1 amide bonds. The number of hydrogen-bond acceptors (Lipinski definition) is 2. The molecule has 2 aromatic carbocycles. The number of piperazine rings is 1. The zero-order chi connectivity index (χ0) is 18.8. The van der Waals surface area contributed by atoms with Gasteiger partial charge in [0.05, 0.1) is 50.0 Å². The van der Waals surface area contributed by atoms with Crippen molar-refractivity contribution in [1.29, 1.82) is 0 Å². The van der Waals surface area contributed by atoms with Crippen molar-refractivity contribution in [3.8, 4) is 11.3 Å². The van der Waals surface area contributed by atoms with Crippen LogP contribution < -0.4 is 4.90 Å². The van der Waals surface area contributed by atoms with E-state index < -0.39 is 0 Å². The van der Waals surface area contributed by atoms with E-state index in [2.05, 4.69) is 38.2 Å². The Hall–Kier alpha value is -2.72. The number of nitrogens with zero attached hydrogens (tertiary/aromatic N) is 2. The van der Waals surface area contributed by atoms with Crippen LogP contribution in [0.5, 0.6) is 0 Å². The molecular weight excluding hydrogens is 334 g/mol. The third-order valence-electron chi connectivity index (χ3n) is 5.51. The molecule has 1 aliphatic heterocycles. The summed E-state index contributed by atoms with van der Waals surface area (Å²) in [6, 6.07) is 18.4. The summed E-state index contributed by atoms with van der Waals surface area (Å²) in [4.78, 5) is 21.6. The first-order valence-corrected chi connectivity index (χ1v) is 9.75. The van der Waals surface area contributed by atoms with Crippen LogP contribution in [-0.4, -0.2) is 49.0 Å². The Morgan fingerprint density at radius 1 is 1.07 bits per heavy atom. The van der Waals surface area contributed by atoms with Crippen molar-refractivity contribution in [2.45, 2.75) is 13.3 Å². The van der Waals surface area contributed by atoms with E-state index >= 15 is 0 Å². The van der Waals surface area contributed by atoms with Crippen LogP contribution in [-0.2, 0) is 6.42 Å². The van der Waals surface area contributed by atoms with Gasteiger partial charge >= 0.3 is 0 Å². The van der Waals surface area contributed by atoms with Gasteiger partial charge in [-0.3, -0.25) is 4.79 Å². The van der Waals surface area contributed by atoms with Crippen LogP contribution in [0.25, 0.3) is 22.2 Å². The molecule has 0 bridgehead atoms. The second-order valence-corrected chi connectivity index (χ2v) is 7.37. The third kappa shape index (κ3) is 3.58. The van der Waals surface area contributed by atoms with E-state index in [-0.39, 0.29) is 5.91 Å². The second-order valence-electron chi connectivity index (χ2n) is 7.37. The first-order chi connectivity index (χ1) is 13.2. The van der Waals surface area contributed by atoms with Crippen molar-refractivity contribution in [3.05, 3.63) is 65.7 Å². The number of fused-ring (bicyclic) bond motifs is 1. The Labute approximate surface area is 160 Å². The second kappa shape index (κ2) is 7.49. The molecular formula is C23H26N3O+. The standard InChI is InChI=1S/C23H25N3O/c1-3-17-8-10-18(11-9-17)22-16-20(19-6-4-5-7-21(19)24-22)23(27)26-14-12-25(2)13-15-26/h4-11,16H,3,12-15H2,1-2H3/p+1. The molecule has 0 aliphatic carbocycles. The minimum Gasteiger partial charge on any atom is -0.334 e. The van der Waals surface area contributed by atoms with Gasteiger partial charge in [0.2, 0.25) is 0 Å². The Balaban J connectivity index is 1.77. The first-order valence-electron chi connectivity index (χ1n) is 9.75. The Morgan fingerprint density at radius 2 is 1.78 bits per heavy atom. The van der Waals surface area contributed by atoms with Crippen molar-refractivity contribution >= 4 is 16.8 Å². The number of likely N-dealkylation sites (N-methyl/N-ethyl adjacent to an activating group) is 1. The Kier molecular flexibility index (Phi) is 4.90. The predicted molar refractivity (Wildman–Crippen MR) is 109 cm³/mol. The van der Waals surface area contributed by atoms with Gasteiger partial charge < -0.3 is 9.80 Å². The van der Waals surface area contributed by atoms with E-state index in [4.69, 9.17) is 4.98 Å². The van der Waals surface area contributed by atoms with Gasteiger partial charge in [0, 0.05) is 10.9 Å². The maximum atomic E-state index is 13.3. The number of carbonyl (C=O) groups excluding carboxylic acids is 1. The fourth-order valence-electron chi connectivity index (χ4n) is 3.67.